The molecule has 0 aromatic heterocycles. The molecule has 0 fully saturated rings. The second-order valence-corrected chi connectivity index (χ2v) is 8.00. The van der Waals surface area contributed by atoms with Gasteiger partial charge in [-0.1, -0.05) is 52.5 Å². The van der Waals surface area contributed by atoms with Crippen molar-refractivity contribution >= 4 is 52.4 Å². The highest BCUT2D eigenvalue weighted by atomic mass is 35.5. The third-order valence-corrected chi connectivity index (χ3v) is 4.73. The van der Waals surface area contributed by atoms with Gasteiger partial charge in [0.1, 0.15) is 22.6 Å². The number of hydrogen-bond acceptors (Lipinski definition) is 5. The summed E-state index contributed by atoms with van der Waals surface area (Å²) in [5, 5.41) is 0.646. The molecule has 0 heterocycles. The summed E-state index contributed by atoms with van der Waals surface area (Å²) < 4.78 is 21.9. The van der Waals surface area contributed by atoms with Crippen molar-refractivity contribution in [2.24, 2.45) is 0 Å². The normalized spacial score (nSPS) is 10.4. The van der Waals surface area contributed by atoms with Crippen LogP contribution in [0.5, 0.6) is 17.2 Å². The molecule has 31 heavy (non-hydrogen) atoms. The molecule has 0 aliphatic rings. The average molecular weight is 508 g/mol. The minimum Gasteiger partial charge on any atom is -0.494 e. The minimum atomic E-state index is -0.394. The van der Waals surface area contributed by atoms with E-state index in [1.807, 2.05) is 6.92 Å². The van der Waals surface area contributed by atoms with Gasteiger partial charge in [-0.05, 0) is 44.0 Å². The maximum Gasteiger partial charge on any atom is 0.338 e. The summed E-state index contributed by atoms with van der Waals surface area (Å²) in [6.07, 6.45) is 2.77. The molecule has 0 atom stereocenters. The van der Waals surface area contributed by atoms with Gasteiger partial charge in [-0.25, -0.2) is 4.79 Å². The topological polar surface area (TPSA) is 54.0 Å². The van der Waals surface area contributed by atoms with E-state index in [1.165, 1.54) is 6.08 Å². The van der Waals surface area contributed by atoms with E-state index in [4.69, 9.17) is 65.4 Å². The Balaban J connectivity index is 1.73. The summed E-state index contributed by atoms with van der Waals surface area (Å²) in [6, 6.07) is 10.1. The Bertz CT molecular complexity index is 874. The lowest BCUT2D eigenvalue weighted by Gasteiger charge is -2.12. The molecule has 0 spiro atoms. The number of carbonyl (C=O) groups excluding carboxylic acids is 1. The monoisotopic (exact) mass is 506 g/mol. The molecule has 2 rings (SSSR count). The number of halogens is 4. The zero-order chi connectivity index (χ0) is 22.6. The molecule has 9 heteroatoms. The van der Waals surface area contributed by atoms with E-state index in [9.17, 15) is 4.79 Å². The second kappa shape index (κ2) is 13.6. The Morgan fingerprint density at radius 2 is 1.65 bits per heavy atom. The molecule has 0 bridgehead atoms. The van der Waals surface area contributed by atoms with Gasteiger partial charge in [0.15, 0.2) is 5.75 Å². The number of esters is 1. The highest BCUT2D eigenvalue weighted by Crippen LogP contribution is 2.37. The zero-order valence-corrected chi connectivity index (χ0v) is 19.9. The van der Waals surface area contributed by atoms with Crippen molar-refractivity contribution < 1.29 is 23.7 Å². The van der Waals surface area contributed by atoms with Gasteiger partial charge in [0.05, 0.1) is 35.4 Å². The van der Waals surface area contributed by atoms with E-state index < -0.39 is 5.97 Å². The molecule has 2 aromatic rings. The molecule has 0 saturated heterocycles. The number of rotatable bonds is 12. The van der Waals surface area contributed by atoms with Crippen LogP contribution in [-0.4, -0.2) is 32.4 Å². The Morgan fingerprint density at radius 1 is 0.935 bits per heavy atom. The van der Waals surface area contributed by atoms with E-state index in [2.05, 4.69) is 0 Å². The average Bonchev–Trinajstić information content (AvgIpc) is 2.72. The molecule has 2 aromatic carbocycles. The first kappa shape index (κ1) is 25.5. The molecule has 0 aliphatic heterocycles. The van der Waals surface area contributed by atoms with Gasteiger partial charge in [0.25, 0.3) is 0 Å². The second-order valence-electron chi connectivity index (χ2n) is 6.17. The van der Waals surface area contributed by atoms with Crippen molar-refractivity contribution in [2.75, 3.05) is 26.4 Å². The van der Waals surface area contributed by atoms with Crippen LogP contribution in [0.3, 0.4) is 0 Å². The van der Waals surface area contributed by atoms with E-state index in [1.54, 1.807) is 36.4 Å². The van der Waals surface area contributed by atoms with Crippen molar-refractivity contribution in [3.8, 4) is 17.2 Å². The molecule has 0 aliphatic carbocycles. The fraction of sp³-hybridized carbons (Fsp3) is 0.318. The van der Waals surface area contributed by atoms with Crippen LogP contribution in [-0.2, 0) is 4.74 Å². The third kappa shape index (κ3) is 9.08. The SMILES string of the molecule is CCOc1cccc(C(=O)OCCCCOc2c(Cl)cc(OCC=C(Cl)Cl)cc2Cl)c1. The molecule has 168 valence electrons. The summed E-state index contributed by atoms with van der Waals surface area (Å²) in [4.78, 5) is 12.1. The van der Waals surface area contributed by atoms with Crippen molar-refractivity contribution in [1.29, 1.82) is 0 Å². The Morgan fingerprint density at radius 3 is 2.32 bits per heavy atom. The van der Waals surface area contributed by atoms with Gasteiger partial charge in [-0.3, -0.25) is 0 Å². The smallest absolute Gasteiger partial charge is 0.338 e. The van der Waals surface area contributed by atoms with Crippen LogP contribution in [0.2, 0.25) is 10.0 Å². The molecular weight excluding hydrogens is 486 g/mol. The predicted octanol–water partition coefficient (Wildman–Crippen LogP) is 7.11. The number of hydrogen-bond donors (Lipinski definition) is 0. The fourth-order valence-electron chi connectivity index (χ4n) is 2.46. The van der Waals surface area contributed by atoms with Crippen LogP contribution in [0.25, 0.3) is 0 Å². The molecular formula is C22H22Cl4O5. The van der Waals surface area contributed by atoms with Crippen molar-refractivity contribution in [3.05, 3.63) is 62.6 Å². The first-order chi connectivity index (χ1) is 14.9. The highest BCUT2D eigenvalue weighted by molar-refractivity contribution is 6.55. The van der Waals surface area contributed by atoms with E-state index in [0.29, 0.717) is 58.9 Å². The third-order valence-electron chi connectivity index (χ3n) is 3.86. The molecule has 0 unspecified atom stereocenters. The highest BCUT2D eigenvalue weighted by Gasteiger charge is 2.11. The molecule has 0 radical (unpaired) electrons. The Labute approximate surface area is 201 Å². The fourth-order valence-corrected chi connectivity index (χ4v) is 3.17. The van der Waals surface area contributed by atoms with E-state index >= 15 is 0 Å². The lowest BCUT2D eigenvalue weighted by Crippen LogP contribution is -2.08. The van der Waals surface area contributed by atoms with Gasteiger partial charge in [0, 0.05) is 12.1 Å². The number of carbonyl (C=O) groups is 1. The first-order valence-electron chi connectivity index (χ1n) is 9.56. The van der Waals surface area contributed by atoms with Crippen molar-refractivity contribution in [2.45, 2.75) is 19.8 Å². The van der Waals surface area contributed by atoms with Crippen LogP contribution >= 0.6 is 46.4 Å². The summed E-state index contributed by atoms with van der Waals surface area (Å²) >= 11 is 23.5. The van der Waals surface area contributed by atoms with Gasteiger partial charge in [-0.2, -0.15) is 0 Å². The number of ether oxygens (including phenoxy) is 4. The largest absolute Gasteiger partial charge is 0.494 e. The van der Waals surface area contributed by atoms with Crippen molar-refractivity contribution in [1.82, 2.24) is 0 Å². The van der Waals surface area contributed by atoms with Crippen LogP contribution in [0, 0.1) is 0 Å². The summed E-state index contributed by atoms with van der Waals surface area (Å²) in [5.74, 6) is 1.07. The zero-order valence-electron chi connectivity index (χ0n) is 16.8. The molecule has 0 N–H and O–H groups in total. The summed E-state index contributed by atoms with van der Waals surface area (Å²) in [6.45, 7) is 3.23. The molecule has 0 amide bonds. The Hall–Kier alpha value is -1.79. The van der Waals surface area contributed by atoms with E-state index in [0.717, 1.165) is 0 Å². The standard InChI is InChI=1S/C22H22Cl4O5/c1-2-28-16-7-5-6-15(12-16)22(27)31-10-4-3-9-30-21-18(23)13-17(14-19(21)24)29-11-8-20(25)26/h5-8,12-14H,2-4,9-11H2,1H3. The van der Waals surface area contributed by atoms with Crippen LogP contribution < -0.4 is 14.2 Å². The summed E-state index contributed by atoms with van der Waals surface area (Å²) in [5.41, 5.74) is 0.451. The van der Waals surface area contributed by atoms with Crippen LogP contribution in [0.4, 0.5) is 0 Å². The Kier molecular flexibility index (Phi) is 11.2. The van der Waals surface area contributed by atoms with Crippen molar-refractivity contribution in [3.63, 3.8) is 0 Å². The molecule has 5 nitrogen and oxygen atoms in total. The number of unbranched alkanes of at least 4 members (excludes halogenated alkanes) is 1. The first-order valence-corrected chi connectivity index (χ1v) is 11.1. The van der Waals surface area contributed by atoms with Crippen LogP contribution in [0.1, 0.15) is 30.1 Å². The number of benzene rings is 2. The maximum atomic E-state index is 12.1. The molecule has 0 saturated carbocycles. The maximum absolute atomic E-state index is 12.1. The van der Waals surface area contributed by atoms with Gasteiger partial charge in [-0.15, -0.1) is 0 Å². The lowest BCUT2D eigenvalue weighted by atomic mass is 10.2. The van der Waals surface area contributed by atoms with E-state index in [-0.39, 0.29) is 17.7 Å². The van der Waals surface area contributed by atoms with Crippen LogP contribution in [0.15, 0.2) is 47.0 Å². The summed E-state index contributed by atoms with van der Waals surface area (Å²) in [7, 11) is 0. The van der Waals surface area contributed by atoms with Gasteiger partial charge >= 0.3 is 5.97 Å². The minimum absolute atomic E-state index is 0.113. The van der Waals surface area contributed by atoms with Gasteiger partial charge < -0.3 is 18.9 Å². The lowest BCUT2D eigenvalue weighted by molar-refractivity contribution is 0.0493. The van der Waals surface area contributed by atoms with Gasteiger partial charge in [0.2, 0.25) is 0 Å². The quantitative estimate of drug-likeness (QED) is 0.226. The predicted molar refractivity (Wildman–Crippen MR) is 124 cm³/mol.